The molecule has 0 bridgehead atoms. The van der Waals surface area contributed by atoms with E-state index in [1.165, 1.54) is 4.90 Å². The van der Waals surface area contributed by atoms with Crippen LogP contribution in [0.3, 0.4) is 0 Å². The Balaban J connectivity index is 2.04. The number of ether oxygens (including phenoxy) is 1. The molecule has 0 saturated carbocycles. The first kappa shape index (κ1) is 19.4. The lowest BCUT2D eigenvalue weighted by molar-refractivity contribution is -0.155. The van der Waals surface area contributed by atoms with E-state index in [0.29, 0.717) is 6.54 Å². The quantitative estimate of drug-likeness (QED) is 0.620. The number of rotatable bonds is 5. The summed E-state index contributed by atoms with van der Waals surface area (Å²) in [6.07, 6.45) is 0. The van der Waals surface area contributed by atoms with Gasteiger partial charge in [0, 0.05) is 32.4 Å². The Morgan fingerprint density at radius 2 is 1.81 bits per heavy atom. The van der Waals surface area contributed by atoms with Gasteiger partial charge in [-0.2, -0.15) is 0 Å². The molecule has 1 N–H and O–H groups in total. The molecule has 2 aliphatic heterocycles. The maximum absolute atomic E-state index is 13.0. The van der Waals surface area contributed by atoms with Crippen molar-refractivity contribution in [2.45, 2.75) is 32.4 Å². The standard InChI is InChI=1S/C20H27N3O4/c1-6-23-17(24)14-15(18(23)25)20(3,19(26)27-7-2)21-16(14)12-8-10-13(11-9-12)22(4)5/h8-11,14-16,21H,6-7H2,1-5H3/t14-,15+,16-,20+/m0/s1. The number of hydrogen-bond donors (Lipinski definition) is 1. The van der Waals surface area contributed by atoms with Gasteiger partial charge in [0.15, 0.2) is 0 Å². The summed E-state index contributed by atoms with van der Waals surface area (Å²) in [5.41, 5.74) is 0.676. The van der Waals surface area contributed by atoms with Gasteiger partial charge in [0.25, 0.3) is 0 Å². The van der Waals surface area contributed by atoms with E-state index in [9.17, 15) is 14.4 Å². The molecule has 2 aliphatic rings. The first-order valence-electron chi connectivity index (χ1n) is 9.33. The van der Waals surface area contributed by atoms with Gasteiger partial charge in [-0.05, 0) is 38.5 Å². The zero-order chi connectivity index (χ0) is 19.9. The topological polar surface area (TPSA) is 79.0 Å². The average Bonchev–Trinajstić information content (AvgIpc) is 3.09. The van der Waals surface area contributed by atoms with Crippen molar-refractivity contribution < 1.29 is 19.1 Å². The fraction of sp³-hybridized carbons (Fsp3) is 0.550. The van der Waals surface area contributed by atoms with Crippen molar-refractivity contribution in [2.24, 2.45) is 11.8 Å². The fourth-order valence-corrected chi connectivity index (χ4v) is 4.25. The summed E-state index contributed by atoms with van der Waals surface area (Å²) in [6, 6.07) is 7.38. The number of likely N-dealkylation sites (tertiary alicyclic amines) is 1. The molecule has 1 aromatic carbocycles. The van der Waals surface area contributed by atoms with E-state index in [1.54, 1.807) is 20.8 Å². The van der Waals surface area contributed by atoms with Gasteiger partial charge < -0.3 is 9.64 Å². The van der Waals surface area contributed by atoms with Crippen LogP contribution < -0.4 is 10.2 Å². The highest BCUT2D eigenvalue weighted by Gasteiger charge is 2.66. The maximum Gasteiger partial charge on any atom is 0.326 e. The fourth-order valence-electron chi connectivity index (χ4n) is 4.25. The Labute approximate surface area is 159 Å². The molecule has 2 fully saturated rings. The smallest absolute Gasteiger partial charge is 0.326 e. The van der Waals surface area contributed by atoms with Gasteiger partial charge in [-0.25, -0.2) is 0 Å². The number of benzene rings is 1. The van der Waals surface area contributed by atoms with E-state index in [1.807, 2.05) is 43.3 Å². The van der Waals surface area contributed by atoms with Crippen LogP contribution in [0.15, 0.2) is 24.3 Å². The van der Waals surface area contributed by atoms with Crippen molar-refractivity contribution in [1.29, 1.82) is 0 Å². The largest absolute Gasteiger partial charge is 0.465 e. The van der Waals surface area contributed by atoms with Crippen LogP contribution in [0.1, 0.15) is 32.4 Å². The monoisotopic (exact) mass is 373 g/mol. The van der Waals surface area contributed by atoms with Gasteiger partial charge in [0.05, 0.1) is 18.4 Å². The third kappa shape index (κ3) is 2.90. The SMILES string of the molecule is CCOC(=O)[C@]1(C)N[C@@H](c2ccc(N(C)C)cc2)[C@H]2C(=O)N(CC)C(=O)[C@@H]21. The van der Waals surface area contributed by atoms with Gasteiger partial charge >= 0.3 is 5.97 Å². The molecule has 0 spiro atoms. The van der Waals surface area contributed by atoms with Crippen LogP contribution in [0, 0.1) is 11.8 Å². The Hall–Kier alpha value is -2.41. The molecule has 2 saturated heterocycles. The number of carbonyl (C=O) groups is 3. The predicted molar refractivity (Wildman–Crippen MR) is 101 cm³/mol. The minimum absolute atomic E-state index is 0.218. The molecule has 7 nitrogen and oxygen atoms in total. The van der Waals surface area contributed by atoms with Crippen LogP contribution in [0.25, 0.3) is 0 Å². The summed E-state index contributed by atoms with van der Waals surface area (Å²) in [6.45, 7) is 5.68. The van der Waals surface area contributed by atoms with E-state index in [-0.39, 0.29) is 18.4 Å². The highest BCUT2D eigenvalue weighted by molar-refractivity contribution is 6.09. The number of anilines is 1. The van der Waals surface area contributed by atoms with Crippen LogP contribution >= 0.6 is 0 Å². The van der Waals surface area contributed by atoms with Crippen molar-refractivity contribution >= 4 is 23.5 Å². The molecule has 1 aromatic rings. The number of hydrogen-bond acceptors (Lipinski definition) is 6. The van der Waals surface area contributed by atoms with Gasteiger partial charge in [-0.3, -0.25) is 24.6 Å². The highest BCUT2D eigenvalue weighted by atomic mass is 16.5. The van der Waals surface area contributed by atoms with Gasteiger partial charge in [0.2, 0.25) is 11.8 Å². The molecule has 0 aromatic heterocycles. The number of esters is 1. The minimum Gasteiger partial charge on any atom is -0.465 e. The minimum atomic E-state index is -1.23. The van der Waals surface area contributed by atoms with E-state index >= 15 is 0 Å². The van der Waals surface area contributed by atoms with E-state index in [4.69, 9.17) is 4.74 Å². The zero-order valence-corrected chi connectivity index (χ0v) is 16.5. The third-order valence-corrected chi connectivity index (χ3v) is 5.66. The predicted octanol–water partition coefficient (Wildman–Crippen LogP) is 1.34. The molecule has 4 atom stereocenters. The van der Waals surface area contributed by atoms with Crippen LogP contribution in [0.2, 0.25) is 0 Å². The lowest BCUT2D eigenvalue weighted by Crippen LogP contribution is -2.54. The van der Waals surface area contributed by atoms with Crippen LogP contribution in [-0.2, 0) is 19.1 Å². The zero-order valence-electron chi connectivity index (χ0n) is 16.5. The second-order valence-corrected chi connectivity index (χ2v) is 7.45. The molecule has 7 heteroatoms. The molecule has 2 heterocycles. The summed E-state index contributed by atoms with van der Waals surface area (Å²) in [7, 11) is 3.91. The maximum atomic E-state index is 13.0. The van der Waals surface area contributed by atoms with Crippen LogP contribution in [-0.4, -0.2) is 55.5 Å². The first-order chi connectivity index (χ1) is 12.8. The van der Waals surface area contributed by atoms with Crippen molar-refractivity contribution in [3.05, 3.63) is 29.8 Å². The Kier molecular flexibility index (Phi) is 4.99. The molecule has 0 unspecified atom stereocenters. The van der Waals surface area contributed by atoms with Crippen molar-refractivity contribution in [1.82, 2.24) is 10.2 Å². The first-order valence-corrected chi connectivity index (χ1v) is 9.33. The van der Waals surface area contributed by atoms with E-state index < -0.39 is 29.4 Å². The molecular formula is C20H27N3O4. The van der Waals surface area contributed by atoms with Crippen molar-refractivity contribution in [2.75, 3.05) is 32.1 Å². The lowest BCUT2D eigenvalue weighted by atomic mass is 9.80. The molecule has 3 rings (SSSR count). The van der Waals surface area contributed by atoms with Gasteiger partial charge in [-0.1, -0.05) is 12.1 Å². The van der Waals surface area contributed by atoms with Crippen molar-refractivity contribution in [3.63, 3.8) is 0 Å². The number of imide groups is 1. The Bertz CT molecular complexity index is 761. The molecule has 0 radical (unpaired) electrons. The van der Waals surface area contributed by atoms with Gasteiger partial charge in [-0.15, -0.1) is 0 Å². The van der Waals surface area contributed by atoms with Crippen molar-refractivity contribution in [3.8, 4) is 0 Å². The summed E-state index contributed by atoms with van der Waals surface area (Å²) in [5, 5.41) is 3.27. The average molecular weight is 373 g/mol. The molecule has 27 heavy (non-hydrogen) atoms. The summed E-state index contributed by atoms with van der Waals surface area (Å²) >= 11 is 0. The summed E-state index contributed by atoms with van der Waals surface area (Å²) in [5.74, 6) is -2.40. The number of nitrogens with one attached hydrogen (secondary N) is 1. The number of amides is 2. The third-order valence-electron chi connectivity index (χ3n) is 5.66. The number of fused-ring (bicyclic) bond motifs is 1. The Morgan fingerprint density at radius 1 is 1.19 bits per heavy atom. The second-order valence-electron chi connectivity index (χ2n) is 7.45. The molecular weight excluding hydrogens is 346 g/mol. The highest BCUT2D eigenvalue weighted by Crippen LogP contribution is 2.49. The normalized spacial score (nSPS) is 29.8. The lowest BCUT2D eigenvalue weighted by Gasteiger charge is -2.29. The molecule has 2 amide bonds. The Morgan fingerprint density at radius 3 is 2.33 bits per heavy atom. The summed E-state index contributed by atoms with van der Waals surface area (Å²) in [4.78, 5) is 41.8. The van der Waals surface area contributed by atoms with E-state index in [0.717, 1.165) is 11.3 Å². The van der Waals surface area contributed by atoms with Gasteiger partial charge in [0.1, 0.15) is 5.54 Å². The molecule has 0 aliphatic carbocycles. The summed E-state index contributed by atoms with van der Waals surface area (Å²) < 4.78 is 5.23. The van der Waals surface area contributed by atoms with Crippen LogP contribution in [0.5, 0.6) is 0 Å². The van der Waals surface area contributed by atoms with E-state index in [2.05, 4.69) is 5.32 Å². The second kappa shape index (κ2) is 6.96. The number of carbonyl (C=O) groups excluding carboxylic acids is 3. The van der Waals surface area contributed by atoms with Crippen LogP contribution in [0.4, 0.5) is 5.69 Å². The number of nitrogens with zero attached hydrogens (tertiary/aromatic N) is 2. The molecule has 146 valence electrons.